The zero-order valence-corrected chi connectivity index (χ0v) is 32.1. The molecule has 0 atom stereocenters. The smallest absolute Gasteiger partial charge is 0.320 e. The molecule has 6 rings (SSSR count). The Bertz CT molecular complexity index is 2980. The highest BCUT2D eigenvalue weighted by molar-refractivity contribution is 7.87. The number of rotatable bonds is 10. The van der Waals surface area contributed by atoms with Crippen molar-refractivity contribution in [3.63, 3.8) is 0 Å². The molecule has 0 aromatic heterocycles. The minimum atomic E-state index is -5.18. The molecule has 58 heavy (non-hydrogen) atoms. The lowest BCUT2D eigenvalue weighted by atomic mass is 10.1. The molecule has 0 heterocycles. The van der Waals surface area contributed by atoms with Crippen LogP contribution < -0.4 is 21.3 Å². The van der Waals surface area contributed by atoms with Crippen molar-refractivity contribution in [3.8, 4) is 0 Å². The molecule has 23 heteroatoms. The number of nitrogens with one attached hydrogen (secondary N) is 4. The van der Waals surface area contributed by atoms with Crippen LogP contribution in [-0.4, -0.2) is 69.7 Å². The highest BCUT2D eigenvalue weighted by atomic mass is 32.2. The third-order valence-corrected chi connectivity index (χ3v) is 11.8. The van der Waals surface area contributed by atoms with Gasteiger partial charge in [-0.3, -0.25) is 27.8 Å². The third-order valence-electron chi connectivity index (χ3n) is 8.29. The Morgan fingerprint density at radius 1 is 0.379 bits per heavy atom. The maximum atomic E-state index is 13.4. The predicted molar refractivity (Wildman–Crippen MR) is 209 cm³/mol. The summed E-state index contributed by atoms with van der Waals surface area (Å²) >= 11 is 0. The highest BCUT2D eigenvalue weighted by Gasteiger charge is 2.28. The van der Waals surface area contributed by atoms with Gasteiger partial charge in [-0.2, -0.15) is 33.7 Å². The number of carbonyl (C=O) groups is 3. The minimum absolute atomic E-state index is 0.0265. The molecule has 0 aliphatic rings. The van der Waals surface area contributed by atoms with Crippen molar-refractivity contribution >= 4 is 103 Å². The van der Waals surface area contributed by atoms with Crippen molar-refractivity contribution in [2.45, 2.75) is 19.6 Å². The Hall–Kier alpha value is -6.31. The summed E-state index contributed by atoms with van der Waals surface area (Å²) in [5.41, 5.74) is -1.26. The number of amides is 4. The monoisotopic (exact) mass is 870 g/mol. The Morgan fingerprint density at radius 3 is 1.03 bits per heavy atom. The van der Waals surface area contributed by atoms with Gasteiger partial charge in [0, 0.05) is 44.0 Å². The van der Waals surface area contributed by atoms with Crippen LogP contribution in [0.15, 0.2) is 129 Å². The van der Waals surface area contributed by atoms with Crippen LogP contribution in [0.5, 0.6) is 0 Å². The van der Waals surface area contributed by atoms with E-state index in [9.17, 15) is 66.3 Å². The zero-order chi connectivity index (χ0) is 42.4. The number of carbonyl (C=O) groups excluding carboxylic acids is 3. The van der Waals surface area contributed by atoms with Gasteiger partial charge >= 0.3 is 6.03 Å². The molecule has 0 aliphatic carbocycles. The van der Waals surface area contributed by atoms with E-state index >= 15 is 0 Å². The van der Waals surface area contributed by atoms with Crippen LogP contribution in [0, 0.1) is 0 Å². The van der Waals surface area contributed by atoms with Crippen LogP contribution in [0.1, 0.15) is 20.7 Å². The van der Waals surface area contributed by atoms with Gasteiger partial charge in [-0.05, 0) is 48.5 Å². The zero-order valence-electron chi connectivity index (χ0n) is 28.8. The molecule has 6 aromatic rings. The molecule has 4 amide bonds. The molecule has 0 aliphatic heterocycles. The standard InChI is InChI=1S/C35H26N4O15S4/c40-33(38-31-25-13-3-1-11-23(25)27(55(43,44)45)17-29(31)57(49,50)51)19-7-5-9-21(15-19)36-35(42)37-22-10-6-8-20(16-22)34(41)39-32-26-14-4-2-12-24(26)28(56(46,47)48)18-30(32)58(52,53)54/h1-18H,(H,38,40)(H,39,41)(H2,36,37,42)(H,43,44,45)(H,46,47,48)(H,49,50,51)(H,52,53,54). The fraction of sp³-hybridized carbons (Fsp3) is 0. The van der Waals surface area contributed by atoms with Gasteiger partial charge in [0.1, 0.15) is 19.6 Å². The summed E-state index contributed by atoms with van der Waals surface area (Å²) < 4.78 is 137. The van der Waals surface area contributed by atoms with E-state index in [0.29, 0.717) is 12.1 Å². The van der Waals surface area contributed by atoms with Crippen molar-refractivity contribution in [2.24, 2.45) is 0 Å². The Morgan fingerprint density at radius 2 is 0.707 bits per heavy atom. The van der Waals surface area contributed by atoms with Gasteiger partial charge in [0.2, 0.25) is 0 Å². The normalized spacial score (nSPS) is 12.2. The Balaban J connectivity index is 1.22. The van der Waals surface area contributed by atoms with E-state index in [4.69, 9.17) is 0 Å². The van der Waals surface area contributed by atoms with Crippen molar-refractivity contribution in [1.29, 1.82) is 0 Å². The van der Waals surface area contributed by atoms with Gasteiger partial charge in [0.25, 0.3) is 52.3 Å². The van der Waals surface area contributed by atoms with E-state index in [2.05, 4.69) is 21.3 Å². The number of hydrogen-bond acceptors (Lipinski definition) is 11. The van der Waals surface area contributed by atoms with Crippen LogP contribution >= 0.6 is 0 Å². The first-order chi connectivity index (χ1) is 27.0. The second-order valence-electron chi connectivity index (χ2n) is 12.1. The molecule has 0 unspecified atom stereocenters. The van der Waals surface area contributed by atoms with Gasteiger partial charge in [-0.15, -0.1) is 0 Å². The molecule has 0 fully saturated rings. The van der Waals surface area contributed by atoms with Crippen molar-refractivity contribution in [3.05, 3.63) is 120 Å². The Labute approximate surface area is 328 Å². The molecule has 0 saturated heterocycles. The fourth-order valence-electron chi connectivity index (χ4n) is 5.87. The van der Waals surface area contributed by atoms with Gasteiger partial charge < -0.3 is 21.3 Å². The van der Waals surface area contributed by atoms with E-state index in [-0.39, 0.29) is 44.0 Å². The van der Waals surface area contributed by atoms with Crippen molar-refractivity contribution in [2.75, 3.05) is 21.3 Å². The number of benzene rings is 6. The summed E-state index contributed by atoms with van der Waals surface area (Å²) in [7, 11) is -20.4. The quantitative estimate of drug-likeness (QED) is 0.0828. The van der Waals surface area contributed by atoms with Gasteiger partial charge in [0.05, 0.1) is 11.4 Å². The van der Waals surface area contributed by atoms with Crippen molar-refractivity contribution < 1.29 is 66.3 Å². The number of fused-ring (bicyclic) bond motifs is 2. The van der Waals surface area contributed by atoms with E-state index in [0.717, 1.165) is 0 Å². The highest BCUT2D eigenvalue weighted by Crippen LogP contribution is 2.37. The molecule has 0 saturated carbocycles. The topological polar surface area (TPSA) is 317 Å². The number of anilines is 4. The third kappa shape index (κ3) is 8.80. The summed E-state index contributed by atoms with van der Waals surface area (Å²) in [6, 6.07) is 21.0. The van der Waals surface area contributed by atoms with E-state index in [1.54, 1.807) is 0 Å². The lowest BCUT2D eigenvalue weighted by Gasteiger charge is -2.16. The lowest BCUT2D eigenvalue weighted by Crippen LogP contribution is -2.21. The fourth-order valence-corrected chi connectivity index (χ4v) is 8.83. The van der Waals surface area contributed by atoms with E-state index < -0.39 is 89.3 Å². The van der Waals surface area contributed by atoms with Crippen molar-refractivity contribution in [1.82, 2.24) is 0 Å². The first-order valence-electron chi connectivity index (χ1n) is 15.9. The first-order valence-corrected chi connectivity index (χ1v) is 21.7. The Kier molecular flexibility index (Phi) is 10.8. The van der Waals surface area contributed by atoms with E-state index in [1.807, 2.05) is 0 Å². The first kappa shape index (κ1) is 41.3. The summed E-state index contributed by atoms with van der Waals surface area (Å²) in [6.45, 7) is 0. The summed E-state index contributed by atoms with van der Waals surface area (Å²) in [6.07, 6.45) is 0. The predicted octanol–water partition coefficient (Wildman–Crippen LogP) is 5.13. The molecule has 300 valence electrons. The molecular formula is C35H26N4O15S4. The average molecular weight is 871 g/mol. The maximum absolute atomic E-state index is 13.4. The molecule has 8 N–H and O–H groups in total. The molecule has 0 radical (unpaired) electrons. The van der Waals surface area contributed by atoms with Crippen LogP contribution in [0.3, 0.4) is 0 Å². The summed E-state index contributed by atoms with van der Waals surface area (Å²) in [5.74, 6) is -1.93. The van der Waals surface area contributed by atoms with Gasteiger partial charge in [0.15, 0.2) is 0 Å². The van der Waals surface area contributed by atoms with Crippen LogP contribution in [0.4, 0.5) is 27.5 Å². The SMILES string of the molecule is O=C(Nc1cccc(C(=O)Nc2c(S(=O)(=O)O)cc(S(=O)(=O)O)c3ccccc23)c1)Nc1cccc(C(=O)Nc2c(S(=O)(=O)O)cc(S(=O)(=O)O)c3ccccc23)c1. The van der Waals surface area contributed by atoms with E-state index in [1.165, 1.54) is 97.1 Å². The number of hydrogen-bond donors (Lipinski definition) is 8. The molecular weight excluding hydrogens is 845 g/mol. The van der Waals surface area contributed by atoms with Crippen LogP contribution in [0.2, 0.25) is 0 Å². The summed E-state index contributed by atoms with van der Waals surface area (Å²) in [5, 5.41) is 8.93. The maximum Gasteiger partial charge on any atom is 0.323 e. The summed E-state index contributed by atoms with van der Waals surface area (Å²) in [4.78, 5) is 36.0. The second-order valence-corrected chi connectivity index (χ2v) is 17.7. The lowest BCUT2D eigenvalue weighted by molar-refractivity contribution is 0.101. The van der Waals surface area contributed by atoms with Crippen LogP contribution in [-0.2, 0) is 40.5 Å². The van der Waals surface area contributed by atoms with Crippen LogP contribution in [0.25, 0.3) is 21.5 Å². The minimum Gasteiger partial charge on any atom is -0.320 e. The number of urea groups is 1. The largest absolute Gasteiger partial charge is 0.323 e. The molecule has 6 aromatic carbocycles. The van der Waals surface area contributed by atoms with Gasteiger partial charge in [-0.1, -0.05) is 60.7 Å². The molecule has 19 nitrogen and oxygen atoms in total. The molecule has 0 bridgehead atoms. The molecule has 0 spiro atoms. The second kappa shape index (κ2) is 15.2. The average Bonchev–Trinajstić information content (AvgIpc) is 3.13. The van der Waals surface area contributed by atoms with Gasteiger partial charge in [-0.25, -0.2) is 4.79 Å².